The van der Waals surface area contributed by atoms with Gasteiger partial charge in [-0.2, -0.15) is 0 Å². The van der Waals surface area contributed by atoms with Crippen LogP contribution in [0.3, 0.4) is 0 Å². The summed E-state index contributed by atoms with van der Waals surface area (Å²) in [6.45, 7) is 0.411. The lowest BCUT2D eigenvalue weighted by molar-refractivity contribution is -0.0328. The van der Waals surface area contributed by atoms with E-state index in [1.165, 1.54) is 31.4 Å². The van der Waals surface area contributed by atoms with E-state index < -0.39 is 11.9 Å². The monoisotopic (exact) mass is 282 g/mol. The molecule has 0 fully saturated rings. The minimum atomic E-state index is -0.524. The number of rotatable bonds is 8. The highest BCUT2D eigenvalue weighted by Gasteiger charge is 2.09. The van der Waals surface area contributed by atoms with Crippen molar-refractivity contribution in [1.82, 2.24) is 0 Å². The molecule has 0 atom stereocenters. The van der Waals surface area contributed by atoms with Gasteiger partial charge in [0.15, 0.2) is 6.79 Å². The molecule has 0 spiro atoms. The molecule has 0 amide bonds. The summed E-state index contributed by atoms with van der Waals surface area (Å²) in [7, 11) is 1.29. The van der Waals surface area contributed by atoms with Crippen LogP contribution in [0, 0.1) is 0 Å². The Bertz CT molecular complexity index is 426. The molecule has 0 saturated heterocycles. The van der Waals surface area contributed by atoms with Crippen LogP contribution in [0.4, 0.5) is 0 Å². The van der Waals surface area contributed by atoms with E-state index in [1.807, 2.05) is 0 Å². The number of benzene rings is 1. The van der Waals surface area contributed by atoms with Gasteiger partial charge in [0.2, 0.25) is 0 Å². The van der Waals surface area contributed by atoms with Gasteiger partial charge in [0.25, 0.3) is 0 Å². The molecule has 0 unspecified atom stereocenters. The highest BCUT2D eigenvalue weighted by atomic mass is 16.7. The third-order valence-electron chi connectivity index (χ3n) is 2.51. The molecule has 0 aliphatic heterocycles. The fourth-order valence-electron chi connectivity index (χ4n) is 1.41. The van der Waals surface area contributed by atoms with E-state index in [0.29, 0.717) is 30.6 Å². The van der Waals surface area contributed by atoms with Crippen molar-refractivity contribution in [2.45, 2.75) is 12.8 Å². The van der Waals surface area contributed by atoms with Gasteiger partial charge in [-0.1, -0.05) is 0 Å². The van der Waals surface area contributed by atoms with E-state index in [0.717, 1.165) is 0 Å². The first-order valence-corrected chi connectivity index (χ1v) is 6.23. The van der Waals surface area contributed by atoms with Crippen LogP contribution in [0.15, 0.2) is 24.3 Å². The largest absolute Gasteiger partial charge is 0.465 e. The van der Waals surface area contributed by atoms with Crippen molar-refractivity contribution in [1.29, 1.82) is 0 Å². The number of aliphatic hydroxyl groups is 1. The van der Waals surface area contributed by atoms with Crippen LogP contribution in [0.1, 0.15) is 33.6 Å². The predicted molar refractivity (Wildman–Crippen MR) is 70.3 cm³/mol. The maximum Gasteiger partial charge on any atom is 0.340 e. The van der Waals surface area contributed by atoms with Gasteiger partial charge in [-0.05, 0) is 37.1 Å². The van der Waals surface area contributed by atoms with Crippen molar-refractivity contribution in [2.24, 2.45) is 0 Å². The van der Waals surface area contributed by atoms with E-state index in [-0.39, 0.29) is 13.4 Å². The molecule has 6 nitrogen and oxygen atoms in total. The topological polar surface area (TPSA) is 82.1 Å². The summed E-state index contributed by atoms with van der Waals surface area (Å²) in [6, 6.07) is 5.95. The third kappa shape index (κ3) is 5.38. The van der Waals surface area contributed by atoms with Gasteiger partial charge in [0.05, 0.1) is 24.8 Å². The molecule has 1 N–H and O–H groups in total. The summed E-state index contributed by atoms with van der Waals surface area (Å²) in [5.74, 6) is -0.985. The Balaban J connectivity index is 2.34. The zero-order chi connectivity index (χ0) is 14.8. The van der Waals surface area contributed by atoms with Gasteiger partial charge in [-0.15, -0.1) is 0 Å². The first-order chi connectivity index (χ1) is 9.69. The summed E-state index contributed by atoms with van der Waals surface area (Å²) in [6.07, 6.45) is 1.37. The number of carbonyl (C=O) groups is 2. The molecular weight excluding hydrogens is 264 g/mol. The molecule has 0 heterocycles. The molecule has 110 valence electrons. The van der Waals surface area contributed by atoms with Crippen molar-refractivity contribution in [3.8, 4) is 0 Å². The maximum atomic E-state index is 11.6. The Morgan fingerprint density at radius 2 is 1.65 bits per heavy atom. The first-order valence-electron chi connectivity index (χ1n) is 6.23. The van der Waals surface area contributed by atoms with Crippen LogP contribution in [0.2, 0.25) is 0 Å². The second-order valence-corrected chi connectivity index (χ2v) is 3.96. The molecule has 0 aliphatic rings. The average molecular weight is 282 g/mol. The average Bonchev–Trinajstić information content (AvgIpc) is 2.50. The van der Waals surface area contributed by atoms with Gasteiger partial charge in [-0.25, -0.2) is 9.59 Å². The van der Waals surface area contributed by atoms with Crippen LogP contribution >= 0.6 is 0 Å². The van der Waals surface area contributed by atoms with Crippen LogP contribution in [0.5, 0.6) is 0 Å². The summed E-state index contributed by atoms with van der Waals surface area (Å²) < 4.78 is 14.5. The summed E-state index contributed by atoms with van der Waals surface area (Å²) in [5, 5.41) is 8.57. The molecule has 0 aromatic heterocycles. The second kappa shape index (κ2) is 9.06. The second-order valence-electron chi connectivity index (χ2n) is 3.96. The van der Waals surface area contributed by atoms with E-state index >= 15 is 0 Å². The highest BCUT2D eigenvalue weighted by Crippen LogP contribution is 2.07. The summed E-state index contributed by atoms with van der Waals surface area (Å²) in [5.41, 5.74) is 0.695. The molecular formula is C14H18O6. The molecule has 1 aromatic carbocycles. The maximum absolute atomic E-state index is 11.6. The van der Waals surface area contributed by atoms with Crippen molar-refractivity contribution < 1.29 is 28.9 Å². The fourth-order valence-corrected chi connectivity index (χ4v) is 1.41. The number of esters is 2. The zero-order valence-corrected chi connectivity index (χ0v) is 11.3. The molecule has 0 aliphatic carbocycles. The van der Waals surface area contributed by atoms with Gasteiger partial charge in [0, 0.05) is 6.61 Å². The van der Waals surface area contributed by atoms with E-state index in [1.54, 1.807) is 0 Å². The first kappa shape index (κ1) is 16.1. The van der Waals surface area contributed by atoms with Crippen molar-refractivity contribution in [2.75, 3.05) is 27.1 Å². The number of aliphatic hydroxyl groups excluding tert-OH is 1. The normalized spacial score (nSPS) is 10.1. The van der Waals surface area contributed by atoms with Gasteiger partial charge in [-0.3, -0.25) is 0 Å². The SMILES string of the molecule is COC(=O)c1ccc(C(=O)OCOCCCCO)cc1. The van der Waals surface area contributed by atoms with Gasteiger partial charge in [0.1, 0.15) is 0 Å². The van der Waals surface area contributed by atoms with Gasteiger partial charge >= 0.3 is 11.9 Å². The van der Waals surface area contributed by atoms with Gasteiger partial charge < -0.3 is 19.3 Å². The minimum Gasteiger partial charge on any atom is -0.465 e. The quantitative estimate of drug-likeness (QED) is 0.440. The van der Waals surface area contributed by atoms with Crippen LogP contribution in [0.25, 0.3) is 0 Å². The molecule has 1 rings (SSSR count). The molecule has 6 heteroatoms. The smallest absolute Gasteiger partial charge is 0.340 e. The number of hydrogen-bond donors (Lipinski definition) is 1. The van der Waals surface area contributed by atoms with Crippen LogP contribution in [-0.2, 0) is 14.2 Å². The molecule has 0 saturated carbocycles. The lowest BCUT2D eigenvalue weighted by atomic mass is 10.1. The summed E-state index contributed by atoms with van der Waals surface area (Å²) in [4.78, 5) is 22.8. The van der Waals surface area contributed by atoms with E-state index in [4.69, 9.17) is 14.6 Å². The lowest BCUT2D eigenvalue weighted by Gasteiger charge is -2.06. The Labute approximate surface area is 117 Å². The lowest BCUT2D eigenvalue weighted by Crippen LogP contribution is -2.10. The molecule has 20 heavy (non-hydrogen) atoms. The molecule has 1 aromatic rings. The number of unbranched alkanes of at least 4 members (excludes halogenated alkanes) is 1. The fraction of sp³-hybridized carbons (Fsp3) is 0.429. The Morgan fingerprint density at radius 1 is 1.05 bits per heavy atom. The Hall–Kier alpha value is -1.92. The van der Waals surface area contributed by atoms with E-state index in [2.05, 4.69) is 4.74 Å². The third-order valence-corrected chi connectivity index (χ3v) is 2.51. The standard InChI is InChI=1S/C14H18O6/c1-18-13(16)11-4-6-12(7-5-11)14(17)20-10-19-9-3-2-8-15/h4-7,15H,2-3,8-10H2,1H3. The number of hydrogen-bond acceptors (Lipinski definition) is 6. The Morgan fingerprint density at radius 3 is 2.20 bits per heavy atom. The highest BCUT2D eigenvalue weighted by molar-refractivity contribution is 5.93. The number of carbonyl (C=O) groups excluding carboxylic acids is 2. The van der Waals surface area contributed by atoms with Crippen molar-refractivity contribution in [3.05, 3.63) is 35.4 Å². The molecule has 0 radical (unpaired) electrons. The van der Waals surface area contributed by atoms with Crippen LogP contribution < -0.4 is 0 Å². The van der Waals surface area contributed by atoms with Crippen molar-refractivity contribution >= 4 is 11.9 Å². The van der Waals surface area contributed by atoms with Crippen LogP contribution in [-0.4, -0.2) is 44.2 Å². The van der Waals surface area contributed by atoms with Crippen molar-refractivity contribution in [3.63, 3.8) is 0 Å². The summed E-state index contributed by atoms with van der Waals surface area (Å²) >= 11 is 0. The zero-order valence-electron chi connectivity index (χ0n) is 11.3. The van der Waals surface area contributed by atoms with E-state index in [9.17, 15) is 9.59 Å². The Kier molecular flexibility index (Phi) is 7.31. The predicted octanol–water partition coefficient (Wildman–Crippen LogP) is 1.38. The number of ether oxygens (including phenoxy) is 3. The minimum absolute atomic E-state index is 0.121. The molecule has 0 bridgehead atoms. The number of methoxy groups -OCH3 is 1.